The van der Waals surface area contributed by atoms with E-state index in [0.717, 1.165) is 18.5 Å². The van der Waals surface area contributed by atoms with Gasteiger partial charge in [-0.15, -0.1) is 0 Å². The average Bonchev–Trinajstić information content (AvgIpc) is 2.75. The highest BCUT2D eigenvalue weighted by molar-refractivity contribution is 5.13. The molecule has 2 aromatic heterocycles. The first-order valence-electron chi connectivity index (χ1n) is 4.70. The van der Waals surface area contributed by atoms with Gasteiger partial charge in [-0.25, -0.2) is 4.98 Å². The normalized spacial score (nSPS) is 9.80. The van der Waals surface area contributed by atoms with E-state index in [4.69, 9.17) is 5.26 Å². The Morgan fingerprint density at radius 1 is 1.40 bits per heavy atom. The molecule has 4 heteroatoms. The Hall–Kier alpha value is -2.15. The third kappa shape index (κ3) is 2.20. The van der Waals surface area contributed by atoms with Crippen molar-refractivity contribution in [3.8, 4) is 6.07 Å². The van der Waals surface area contributed by atoms with Crippen LogP contribution in [0.1, 0.15) is 11.4 Å². The van der Waals surface area contributed by atoms with Gasteiger partial charge in [0.1, 0.15) is 6.07 Å². The summed E-state index contributed by atoms with van der Waals surface area (Å²) in [4.78, 5) is 7.97. The van der Waals surface area contributed by atoms with Crippen LogP contribution in [0.2, 0.25) is 0 Å². The van der Waals surface area contributed by atoms with Crippen LogP contribution >= 0.6 is 0 Å². The first-order chi connectivity index (χ1) is 7.40. The largest absolute Gasteiger partial charge is 0.322 e. The highest BCUT2D eigenvalue weighted by Gasteiger charge is 2.00. The van der Waals surface area contributed by atoms with Crippen LogP contribution in [0.5, 0.6) is 0 Å². The minimum Gasteiger partial charge on any atom is -0.322 e. The molecule has 2 aromatic rings. The molecular formula is C11H10N4. The zero-order valence-corrected chi connectivity index (χ0v) is 8.17. The van der Waals surface area contributed by atoms with Gasteiger partial charge < -0.3 is 4.57 Å². The molecule has 0 radical (unpaired) electrons. The van der Waals surface area contributed by atoms with Crippen molar-refractivity contribution in [2.45, 2.75) is 13.0 Å². The summed E-state index contributed by atoms with van der Waals surface area (Å²) >= 11 is 0. The van der Waals surface area contributed by atoms with Gasteiger partial charge >= 0.3 is 0 Å². The molecule has 0 bridgehead atoms. The minimum atomic E-state index is 0.457. The number of hydrogen-bond donors (Lipinski definition) is 0. The maximum Gasteiger partial charge on any atom is 0.212 e. The Morgan fingerprint density at radius 3 is 3.07 bits per heavy atom. The van der Waals surface area contributed by atoms with E-state index in [1.165, 1.54) is 0 Å². The Bertz CT molecular complexity index is 467. The molecule has 0 aliphatic rings. The first-order valence-corrected chi connectivity index (χ1v) is 4.70. The van der Waals surface area contributed by atoms with Crippen LogP contribution in [0.4, 0.5) is 0 Å². The fraction of sp³-hybridized carbons (Fsp3) is 0.182. The third-order valence-corrected chi connectivity index (χ3v) is 2.18. The average molecular weight is 198 g/mol. The molecule has 0 fully saturated rings. The van der Waals surface area contributed by atoms with E-state index in [-0.39, 0.29) is 0 Å². The molecule has 0 saturated heterocycles. The maximum atomic E-state index is 8.76. The van der Waals surface area contributed by atoms with Crippen LogP contribution in [0.25, 0.3) is 0 Å². The molecule has 0 aromatic carbocycles. The van der Waals surface area contributed by atoms with Crippen molar-refractivity contribution in [1.29, 1.82) is 5.26 Å². The lowest BCUT2D eigenvalue weighted by atomic mass is 10.2. The van der Waals surface area contributed by atoms with E-state index < -0.39 is 0 Å². The number of aromatic nitrogens is 3. The Morgan fingerprint density at radius 2 is 2.33 bits per heavy atom. The first kappa shape index (κ1) is 9.41. The zero-order valence-electron chi connectivity index (χ0n) is 8.17. The summed E-state index contributed by atoms with van der Waals surface area (Å²) in [5, 5.41) is 8.76. The fourth-order valence-electron chi connectivity index (χ4n) is 1.40. The number of nitriles is 1. The van der Waals surface area contributed by atoms with Gasteiger partial charge in [0, 0.05) is 31.3 Å². The summed E-state index contributed by atoms with van der Waals surface area (Å²) in [6.07, 6.45) is 7.90. The van der Waals surface area contributed by atoms with E-state index >= 15 is 0 Å². The quantitative estimate of drug-likeness (QED) is 0.748. The van der Waals surface area contributed by atoms with Crippen LogP contribution < -0.4 is 0 Å². The number of hydrogen-bond acceptors (Lipinski definition) is 3. The smallest absolute Gasteiger partial charge is 0.212 e. The summed E-state index contributed by atoms with van der Waals surface area (Å²) in [7, 11) is 0. The van der Waals surface area contributed by atoms with Crippen LogP contribution in [0.3, 0.4) is 0 Å². The molecule has 0 N–H and O–H groups in total. The molecule has 0 atom stereocenters. The minimum absolute atomic E-state index is 0.457. The van der Waals surface area contributed by atoms with Crippen molar-refractivity contribution in [2.24, 2.45) is 0 Å². The highest BCUT2D eigenvalue weighted by atomic mass is 15.1. The number of aryl methyl sites for hydroxylation is 2. The van der Waals surface area contributed by atoms with Crippen molar-refractivity contribution in [2.75, 3.05) is 0 Å². The second-order valence-electron chi connectivity index (χ2n) is 3.17. The van der Waals surface area contributed by atoms with Gasteiger partial charge in [0.2, 0.25) is 5.82 Å². The number of pyridine rings is 1. The van der Waals surface area contributed by atoms with Crippen molar-refractivity contribution in [3.63, 3.8) is 0 Å². The topological polar surface area (TPSA) is 54.5 Å². The molecule has 0 aliphatic carbocycles. The molecule has 2 rings (SSSR count). The second-order valence-corrected chi connectivity index (χ2v) is 3.17. The summed E-state index contributed by atoms with van der Waals surface area (Å²) in [6.45, 7) is 0.759. The molecule has 74 valence electrons. The lowest BCUT2D eigenvalue weighted by molar-refractivity contribution is 0.685. The Balaban J connectivity index is 2.03. The van der Waals surface area contributed by atoms with E-state index in [1.807, 2.05) is 35.2 Å². The summed E-state index contributed by atoms with van der Waals surface area (Å²) < 4.78 is 1.84. The molecular weight excluding hydrogens is 188 g/mol. The zero-order chi connectivity index (χ0) is 10.5. The Labute approximate surface area is 87.8 Å². The standard InChI is InChI=1S/C11H10N4/c12-8-11-14-5-7-15(11)6-3-10-2-1-4-13-9-10/h1-2,4-5,7,9H,3,6H2. The van der Waals surface area contributed by atoms with Gasteiger partial charge in [-0.1, -0.05) is 6.07 Å². The number of rotatable bonds is 3. The summed E-state index contributed by atoms with van der Waals surface area (Å²) in [5.74, 6) is 0.457. The van der Waals surface area contributed by atoms with Crippen LogP contribution in [-0.4, -0.2) is 14.5 Å². The second kappa shape index (κ2) is 4.38. The monoisotopic (exact) mass is 198 g/mol. The summed E-state index contributed by atoms with van der Waals surface area (Å²) in [5.41, 5.74) is 1.16. The third-order valence-electron chi connectivity index (χ3n) is 2.18. The number of imidazole rings is 1. The van der Waals surface area contributed by atoms with Crippen LogP contribution in [0, 0.1) is 11.3 Å². The van der Waals surface area contributed by atoms with Gasteiger partial charge in [0.25, 0.3) is 0 Å². The van der Waals surface area contributed by atoms with Crippen LogP contribution in [0.15, 0.2) is 36.9 Å². The fourth-order valence-corrected chi connectivity index (χ4v) is 1.40. The van der Waals surface area contributed by atoms with E-state index in [0.29, 0.717) is 5.82 Å². The van der Waals surface area contributed by atoms with Crippen molar-refractivity contribution in [1.82, 2.24) is 14.5 Å². The molecule has 0 aliphatic heterocycles. The number of nitrogens with zero attached hydrogens (tertiary/aromatic N) is 4. The van der Waals surface area contributed by atoms with Crippen molar-refractivity contribution < 1.29 is 0 Å². The van der Waals surface area contributed by atoms with Gasteiger partial charge in [-0.05, 0) is 18.1 Å². The van der Waals surface area contributed by atoms with Gasteiger partial charge in [0.15, 0.2) is 0 Å². The molecule has 4 nitrogen and oxygen atoms in total. The van der Waals surface area contributed by atoms with E-state index in [1.54, 1.807) is 12.4 Å². The predicted molar refractivity (Wildman–Crippen MR) is 54.9 cm³/mol. The molecule has 0 amide bonds. The molecule has 15 heavy (non-hydrogen) atoms. The highest BCUT2D eigenvalue weighted by Crippen LogP contribution is 2.02. The van der Waals surface area contributed by atoms with Crippen LogP contribution in [-0.2, 0) is 13.0 Å². The molecule has 0 saturated carbocycles. The Kier molecular flexibility index (Phi) is 2.75. The molecule has 0 unspecified atom stereocenters. The molecule has 2 heterocycles. The van der Waals surface area contributed by atoms with Crippen molar-refractivity contribution in [3.05, 3.63) is 48.3 Å². The lowest BCUT2D eigenvalue weighted by Gasteiger charge is -2.02. The SMILES string of the molecule is N#Cc1nccn1CCc1cccnc1. The lowest BCUT2D eigenvalue weighted by Crippen LogP contribution is -2.03. The van der Waals surface area contributed by atoms with E-state index in [2.05, 4.69) is 9.97 Å². The van der Waals surface area contributed by atoms with Gasteiger partial charge in [0.05, 0.1) is 0 Å². The van der Waals surface area contributed by atoms with Gasteiger partial charge in [-0.3, -0.25) is 4.98 Å². The van der Waals surface area contributed by atoms with E-state index in [9.17, 15) is 0 Å². The predicted octanol–water partition coefficient (Wildman–Crippen LogP) is 1.39. The molecule has 0 spiro atoms. The maximum absolute atomic E-state index is 8.76. The van der Waals surface area contributed by atoms with Gasteiger partial charge in [-0.2, -0.15) is 5.26 Å². The van der Waals surface area contributed by atoms with Crippen molar-refractivity contribution >= 4 is 0 Å². The summed E-state index contributed by atoms with van der Waals surface area (Å²) in [6, 6.07) is 5.98.